The van der Waals surface area contributed by atoms with E-state index in [1.54, 1.807) is 0 Å². The molecule has 0 heterocycles. The number of hydrogen-bond acceptors (Lipinski definition) is 0. The van der Waals surface area contributed by atoms with E-state index in [4.69, 9.17) is 0 Å². The summed E-state index contributed by atoms with van der Waals surface area (Å²) in [4.78, 5) is 0. The van der Waals surface area contributed by atoms with Gasteiger partial charge in [0.05, 0.1) is 0 Å². The molecule has 0 aromatic carbocycles. The summed E-state index contributed by atoms with van der Waals surface area (Å²) in [6.07, 6.45) is 0.332. The van der Waals surface area contributed by atoms with Crippen molar-refractivity contribution in [1.82, 2.24) is 0 Å². The first kappa shape index (κ1) is 15.9. The Morgan fingerprint density at radius 2 is 1.50 bits per heavy atom. The fourth-order valence-corrected chi connectivity index (χ4v) is 0.864. The van der Waals surface area contributed by atoms with Crippen molar-refractivity contribution in [2.45, 2.75) is 39.9 Å². The predicted molar refractivity (Wildman–Crippen MR) is 42.6 cm³/mol. The van der Waals surface area contributed by atoms with Gasteiger partial charge in [-0.3, -0.25) is 0 Å². The summed E-state index contributed by atoms with van der Waals surface area (Å²) >= 11 is 0. The van der Waals surface area contributed by atoms with Crippen molar-refractivity contribution in [2.75, 3.05) is 0 Å². The van der Waals surface area contributed by atoms with Crippen molar-refractivity contribution in [3.05, 3.63) is 0 Å². The van der Waals surface area contributed by atoms with Crippen LogP contribution in [0, 0.1) is 5.41 Å². The molecule has 0 amide bonds. The molecule has 0 atom stereocenters. The molecule has 0 N–H and O–H groups in total. The second-order valence-electron chi connectivity index (χ2n) is 4.16. The van der Waals surface area contributed by atoms with Crippen LogP contribution in [0.4, 0.5) is 12.9 Å². The van der Waals surface area contributed by atoms with Gasteiger partial charge in [0.2, 0.25) is 0 Å². The maximum Gasteiger partial charge on any atom is 1.00 e. The van der Waals surface area contributed by atoms with Gasteiger partial charge in [-0.05, 0) is 5.41 Å². The van der Waals surface area contributed by atoms with Gasteiger partial charge >= 0.3 is 58.4 Å². The average Bonchev–Trinajstić information content (AvgIpc) is 1.55. The van der Waals surface area contributed by atoms with Gasteiger partial charge in [0.15, 0.2) is 0 Å². The topological polar surface area (TPSA) is 0 Å². The molecule has 0 saturated heterocycles. The summed E-state index contributed by atoms with van der Waals surface area (Å²) in [7, 11) is 0. The van der Waals surface area contributed by atoms with Crippen molar-refractivity contribution < 1.29 is 64.3 Å². The minimum Gasteiger partial charge on any atom is -0.449 e. The van der Waals surface area contributed by atoms with Crippen LogP contribution in [0.5, 0.6) is 0 Å². The second-order valence-corrected chi connectivity index (χ2v) is 4.16. The molecule has 0 bridgehead atoms. The van der Waals surface area contributed by atoms with Gasteiger partial charge in [-0.1, -0.05) is 39.9 Å². The maximum absolute atomic E-state index is 11.7. The van der Waals surface area contributed by atoms with E-state index in [-0.39, 0.29) is 63.2 Å². The predicted octanol–water partition coefficient (Wildman–Crippen LogP) is 0.664. The summed E-state index contributed by atoms with van der Waals surface area (Å²) in [5, 5.41) is 0. The zero-order valence-corrected chi connectivity index (χ0v) is 11.5. The molecule has 0 fully saturated rings. The van der Waals surface area contributed by atoms with E-state index in [0.29, 0.717) is 6.42 Å². The Balaban J connectivity index is 0. The molecule has 0 rings (SSSR count). The van der Waals surface area contributed by atoms with Gasteiger partial charge in [0.1, 0.15) is 0 Å². The van der Waals surface area contributed by atoms with Gasteiger partial charge in [0.25, 0.3) is 0 Å². The molecule has 12 heavy (non-hydrogen) atoms. The summed E-state index contributed by atoms with van der Waals surface area (Å²) in [5.41, 5.74) is 0.0291. The zero-order chi connectivity index (χ0) is 9.12. The Hall–Kier alpha value is 1.49. The normalized spacial score (nSPS) is 12.5. The number of hydrogen-bond donors (Lipinski definition) is 0. The molecule has 0 aromatic rings. The molecule has 0 aliphatic heterocycles. The largest absolute Gasteiger partial charge is 1.00 e. The first-order valence-corrected chi connectivity index (χ1v) is 3.92. The van der Waals surface area contributed by atoms with Crippen LogP contribution in [0.1, 0.15) is 33.6 Å². The van der Waals surface area contributed by atoms with E-state index in [1.807, 2.05) is 20.8 Å². The average molecular weight is 206 g/mol. The Morgan fingerprint density at radius 3 is 1.75 bits per heavy atom. The molecule has 68 valence electrons. The summed E-state index contributed by atoms with van der Waals surface area (Å²) in [5.74, 6) is 0. The molecule has 0 nitrogen and oxygen atoms in total. The third-order valence-corrected chi connectivity index (χ3v) is 1.46. The monoisotopic (exact) mass is 206 g/mol. The smallest absolute Gasteiger partial charge is 0.449 e. The fourth-order valence-electron chi connectivity index (χ4n) is 0.864. The van der Waals surface area contributed by atoms with Crippen LogP contribution in [0.15, 0.2) is 0 Å². The summed E-state index contributed by atoms with van der Waals surface area (Å²) in [6.45, 7) is 1.31. The molecule has 0 aromatic heterocycles. The quantitative estimate of drug-likeness (QED) is 0.595. The Kier molecular flexibility index (Phi) is 8.06. The van der Waals surface area contributed by atoms with Gasteiger partial charge in [-0.15, -0.1) is 0 Å². The zero-order valence-electron chi connectivity index (χ0n) is 8.33. The van der Waals surface area contributed by atoms with Crippen LogP contribution in [0.2, 0.25) is 6.32 Å². The maximum atomic E-state index is 11.7. The molecule has 0 saturated carbocycles. The number of halogens is 3. The van der Waals surface area contributed by atoms with E-state index in [9.17, 15) is 12.9 Å². The third-order valence-electron chi connectivity index (χ3n) is 1.46. The molecule has 5 heteroatoms. The van der Waals surface area contributed by atoms with Crippen LogP contribution < -0.4 is 51.4 Å². The SMILES string of the molecule is CC(C)(C)CCC[B-](F)(F)F.[K+]. The molecule has 0 aliphatic carbocycles. The Morgan fingerprint density at radius 1 is 1.08 bits per heavy atom. The van der Waals surface area contributed by atoms with Crippen LogP contribution in [-0.4, -0.2) is 6.98 Å². The van der Waals surface area contributed by atoms with Crippen molar-refractivity contribution in [3.8, 4) is 0 Å². The third kappa shape index (κ3) is 14.0. The standard InChI is InChI=1S/C7H15BF3.K/c1-7(2,3)5-4-6-8(9,10)11;/h4-6H2,1-3H3;/q-1;+1. The van der Waals surface area contributed by atoms with E-state index < -0.39 is 13.3 Å². The number of rotatable bonds is 3. The van der Waals surface area contributed by atoms with Crippen molar-refractivity contribution in [2.24, 2.45) is 5.41 Å². The van der Waals surface area contributed by atoms with E-state index >= 15 is 0 Å². The molecule has 0 unspecified atom stereocenters. The summed E-state index contributed by atoms with van der Waals surface area (Å²) < 4.78 is 35.1. The molecular weight excluding hydrogens is 191 g/mol. The minimum atomic E-state index is -4.56. The Bertz CT molecular complexity index is 103. The molecule has 0 radical (unpaired) electrons. The van der Waals surface area contributed by atoms with Gasteiger partial charge < -0.3 is 12.9 Å². The van der Waals surface area contributed by atoms with Crippen molar-refractivity contribution >= 4 is 6.98 Å². The minimum absolute atomic E-state index is 0. The van der Waals surface area contributed by atoms with Crippen LogP contribution >= 0.6 is 0 Å². The molecule has 0 aliphatic rings. The van der Waals surface area contributed by atoms with Crippen LogP contribution in [0.3, 0.4) is 0 Å². The Labute approximate surface area is 115 Å². The van der Waals surface area contributed by atoms with Gasteiger partial charge in [-0.2, -0.15) is 0 Å². The van der Waals surface area contributed by atoms with Crippen LogP contribution in [-0.2, 0) is 0 Å². The second kappa shape index (κ2) is 6.07. The van der Waals surface area contributed by atoms with Crippen molar-refractivity contribution in [1.29, 1.82) is 0 Å². The first-order valence-electron chi connectivity index (χ1n) is 3.92. The molecule has 0 spiro atoms. The van der Waals surface area contributed by atoms with E-state index in [1.165, 1.54) is 0 Å². The van der Waals surface area contributed by atoms with Gasteiger partial charge in [0, 0.05) is 0 Å². The summed E-state index contributed by atoms with van der Waals surface area (Å²) in [6, 6.07) is 0. The van der Waals surface area contributed by atoms with Gasteiger partial charge in [-0.25, -0.2) is 0 Å². The van der Waals surface area contributed by atoms with E-state index in [2.05, 4.69) is 0 Å². The molecular formula is C7H15BF3K. The van der Waals surface area contributed by atoms with Crippen molar-refractivity contribution in [3.63, 3.8) is 0 Å². The van der Waals surface area contributed by atoms with E-state index in [0.717, 1.165) is 0 Å². The van der Waals surface area contributed by atoms with Crippen LogP contribution in [0.25, 0.3) is 0 Å². The fraction of sp³-hybridized carbons (Fsp3) is 1.00. The first-order chi connectivity index (χ1) is 4.71.